The highest BCUT2D eigenvalue weighted by Gasteiger charge is 2.17. The second kappa shape index (κ2) is 4.11. The minimum atomic E-state index is -2.95. The van der Waals surface area contributed by atoms with E-state index in [0.29, 0.717) is 6.32 Å². The predicted molar refractivity (Wildman–Crippen MR) is 47.6 cm³/mol. The number of rotatable bonds is 4. The molecule has 66 valence electrons. The molecule has 0 saturated carbocycles. The van der Waals surface area contributed by atoms with Gasteiger partial charge in [0.1, 0.15) is 0 Å². The molecule has 0 aliphatic rings. The first-order chi connectivity index (χ1) is 4.86. The molecular formula is C6H15BO3S. The third kappa shape index (κ3) is 4.42. The van der Waals surface area contributed by atoms with Gasteiger partial charge in [0, 0.05) is 5.75 Å². The van der Waals surface area contributed by atoms with Gasteiger partial charge in [0.15, 0.2) is 9.84 Å². The van der Waals surface area contributed by atoms with Gasteiger partial charge in [-0.05, 0) is 20.2 Å². The van der Waals surface area contributed by atoms with Crippen LogP contribution in [-0.2, 0) is 9.84 Å². The summed E-state index contributed by atoms with van der Waals surface area (Å²) in [6, 6.07) is 0. The molecule has 0 aliphatic heterocycles. The van der Waals surface area contributed by atoms with E-state index in [1.165, 1.54) is 0 Å². The lowest BCUT2D eigenvalue weighted by molar-refractivity contribution is 0.570. The minimum Gasteiger partial charge on any atom is -0.451 e. The van der Waals surface area contributed by atoms with Crippen molar-refractivity contribution in [3.05, 3.63) is 0 Å². The lowest BCUT2D eigenvalue weighted by Crippen LogP contribution is -2.21. The van der Waals surface area contributed by atoms with E-state index in [9.17, 15) is 8.42 Å². The quantitative estimate of drug-likeness (QED) is 0.635. The van der Waals surface area contributed by atoms with Gasteiger partial charge >= 0.3 is 0 Å². The molecule has 3 nitrogen and oxygen atoms in total. The van der Waals surface area contributed by atoms with E-state index in [2.05, 4.69) is 0 Å². The van der Waals surface area contributed by atoms with Gasteiger partial charge < -0.3 is 5.02 Å². The van der Waals surface area contributed by atoms with E-state index in [-0.39, 0.29) is 11.0 Å². The van der Waals surface area contributed by atoms with Gasteiger partial charge in [-0.25, -0.2) is 8.42 Å². The van der Waals surface area contributed by atoms with Crippen molar-refractivity contribution in [3.63, 3.8) is 0 Å². The molecule has 0 bridgehead atoms. The summed E-state index contributed by atoms with van der Waals surface area (Å²) in [5, 5.41) is 8.50. The Hall–Kier alpha value is -0.0251. The number of sulfone groups is 1. The smallest absolute Gasteiger partial charge is 0.286 e. The summed E-state index contributed by atoms with van der Waals surface area (Å²) < 4.78 is 22.2. The number of hydrogen-bond acceptors (Lipinski definition) is 3. The Morgan fingerprint density at radius 2 is 1.91 bits per heavy atom. The summed E-state index contributed by atoms with van der Waals surface area (Å²) in [6.07, 6.45) is 0.334. The van der Waals surface area contributed by atoms with Crippen LogP contribution in [0, 0.1) is 0 Å². The van der Waals surface area contributed by atoms with Gasteiger partial charge in [-0.1, -0.05) is 6.82 Å². The van der Waals surface area contributed by atoms with Crippen molar-refractivity contribution in [2.75, 3.05) is 5.75 Å². The first-order valence-electron chi connectivity index (χ1n) is 3.76. The van der Waals surface area contributed by atoms with Crippen molar-refractivity contribution in [3.8, 4) is 0 Å². The first-order valence-corrected chi connectivity index (χ1v) is 5.47. The molecule has 0 fully saturated rings. The zero-order valence-corrected chi connectivity index (χ0v) is 8.06. The molecule has 0 saturated heterocycles. The molecule has 0 aliphatic carbocycles. The lowest BCUT2D eigenvalue weighted by Gasteiger charge is -2.06. The summed E-state index contributed by atoms with van der Waals surface area (Å²) in [7, 11) is -2.95. The SMILES string of the molecule is CB(O)CCS(=O)(=O)C(C)C. The van der Waals surface area contributed by atoms with E-state index < -0.39 is 16.8 Å². The van der Waals surface area contributed by atoms with Crippen LogP contribution < -0.4 is 0 Å². The molecule has 0 aromatic rings. The molecule has 0 amide bonds. The lowest BCUT2D eigenvalue weighted by atomic mass is 9.69. The maximum Gasteiger partial charge on any atom is 0.286 e. The van der Waals surface area contributed by atoms with E-state index in [4.69, 9.17) is 5.02 Å². The molecule has 0 radical (unpaired) electrons. The summed E-state index contributed by atoms with van der Waals surface area (Å²) in [4.78, 5) is 0. The van der Waals surface area contributed by atoms with Crippen LogP contribution in [0.25, 0.3) is 0 Å². The molecule has 1 N–H and O–H groups in total. The zero-order valence-electron chi connectivity index (χ0n) is 7.24. The van der Waals surface area contributed by atoms with Crippen LogP contribution in [0.2, 0.25) is 13.1 Å². The molecule has 0 unspecified atom stereocenters. The van der Waals surface area contributed by atoms with Crippen molar-refractivity contribution < 1.29 is 13.4 Å². The van der Waals surface area contributed by atoms with Crippen LogP contribution in [0.5, 0.6) is 0 Å². The van der Waals surface area contributed by atoms with Gasteiger partial charge in [-0.2, -0.15) is 0 Å². The Kier molecular flexibility index (Phi) is 4.10. The Morgan fingerprint density at radius 1 is 1.45 bits per heavy atom. The molecule has 0 aromatic carbocycles. The summed E-state index contributed by atoms with van der Waals surface area (Å²) >= 11 is 0. The molecule has 11 heavy (non-hydrogen) atoms. The highest BCUT2D eigenvalue weighted by molar-refractivity contribution is 7.92. The summed E-state index contributed by atoms with van der Waals surface area (Å²) in [5.41, 5.74) is 0. The molecule has 0 aromatic heterocycles. The molecule has 0 rings (SSSR count). The van der Waals surface area contributed by atoms with Crippen LogP contribution in [0.4, 0.5) is 0 Å². The fourth-order valence-corrected chi connectivity index (χ4v) is 1.71. The van der Waals surface area contributed by atoms with E-state index in [0.717, 1.165) is 0 Å². The Bertz CT molecular complexity index is 196. The molecule has 0 spiro atoms. The average Bonchev–Trinajstić information content (AvgIpc) is 1.84. The third-order valence-electron chi connectivity index (χ3n) is 1.54. The molecule has 0 heterocycles. The maximum absolute atomic E-state index is 11.1. The third-order valence-corrected chi connectivity index (χ3v) is 3.78. The second-order valence-corrected chi connectivity index (χ2v) is 5.73. The Morgan fingerprint density at radius 3 is 2.18 bits per heavy atom. The van der Waals surface area contributed by atoms with E-state index >= 15 is 0 Å². The zero-order chi connectivity index (χ0) is 9.07. The van der Waals surface area contributed by atoms with Crippen LogP contribution >= 0.6 is 0 Å². The normalized spacial score (nSPS) is 12.1. The summed E-state index contributed by atoms with van der Waals surface area (Å²) in [6.45, 7) is 4.37. The van der Waals surface area contributed by atoms with Crippen LogP contribution in [-0.4, -0.2) is 31.4 Å². The van der Waals surface area contributed by atoms with Crippen molar-refractivity contribution in [1.82, 2.24) is 0 Å². The summed E-state index contributed by atoms with van der Waals surface area (Å²) in [5.74, 6) is 0.0856. The van der Waals surface area contributed by atoms with Crippen molar-refractivity contribution in [2.24, 2.45) is 0 Å². The Balaban J connectivity index is 3.95. The second-order valence-electron chi connectivity index (χ2n) is 3.05. The number of hydrogen-bond donors (Lipinski definition) is 1. The first kappa shape index (κ1) is 11.0. The van der Waals surface area contributed by atoms with Crippen molar-refractivity contribution in [1.29, 1.82) is 0 Å². The van der Waals surface area contributed by atoms with E-state index in [1.54, 1.807) is 20.7 Å². The standard InChI is InChI=1S/C6H15BO3S/c1-6(2)11(9,10)5-4-7(3)8/h6,8H,4-5H2,1-3H3. The van der Waals surface area contributed by atoms with E-state index in [1.807, 2.05) is 0 Å². The predicted octanol–water partition coefficient (Wildman–Crippen LogP) is 0.423. The largest absolute Gasteiger partial charge is 0.451 e. The average molecular weight is 178 g/mol. The van der Waals surface area contributed by atoms with Gasteiger partial charge in [-0.3, -0.25) is 0 Å². The van der Waals surface area contributed by atoms with Gasteiger partial charge in [0.2, 0.25) is 0 Å². The minimum absolute atomic E-state index is 0.0856. The van der Waals surface area contributed by atoms with Gasteiger partial charge in [-0.15, -0.1) is 0 Å². The van der Waals surface area contributed by atoms with Crippen molar-refractivity contribution >= 4 is 16.8 Å². The highest BCUT2D eigenvalue weighted by atomic mass is 32.2. The molecule has 0 atom stereocenters. The Labute approximate surface area is 68.8 Å². The van der Waals surface area contributed by atoms with Gasteiger partial charge in [0.25, 0.3) is 6.92 Å². The maximum atomic E-state index is 11.1. The monoisotopic (exact) mass is 178 g/mol. The van der Waals surface area contributed by atoms with Crippen LogP contribution in [0.1, 0.15) is 13.8 Å². The van der Waals surface area contributed by atoms with Crippen LogP contribution in [0.3, 0.4) is 0 Å². The highest BCUT2D eigenvalue weighted by Crippen LogP contribution is 2.03. The van der Waals surface area contributed by atoms with Crippen molar-refractivity contribution in [2.45, 2.75) is 32.2 Å². The van der Waals surface area contributed by atoms with Gasteiger partial charge in [0.05, 0.1) is 5.25 Å². The molecular weight excluding hydrogens is 163 g/mol. The fourth-order valence-electron chi connectivity index (χ4n) is 0.571. The topological polar surface area (TPSA) is 54.4 Å². The molecule has 5 heteroatoms. The fraction of sp³-hybridized carbons (Fsp3) is 1.00. The van der Waals surface area contributed by atoms with Crippen LogP contribution in [0.15, 0.2) is 0 Å².